The van der Waals surface area contributed by atoms with E-state index in [2.05, 4.69) is 15.3 Å². The van der Waals surface area contributed by atoms with Crippen LogP contribution in [0.1, 0.15) is 63.6 Å². The Labute approximate surface area is 211 Å². The predicted molar refractivity (Wildman–Crippen MR) is 135 cm³/mol. The summed E-state index contributed by atoms with van der Waals surface area (Å²) >= 11 is 0. The molecule has 0 radical (unpaired) electrons. The van der Waals surface area contributed by atoms with E-state index in [0.717, 1.165) is 6.26 Å². The maximum Gasteiger partial charge on any atom is 0.313 e. The Bertz CT molecular complexity index is 1150. The van der Waals surface area contributed by atoms with Gasteiger partial charge in [0.25, 0.3) is 0 Å². The molecule has 0 aliphatic carbocycles. The summed E-state index contributed by atoms with van der Waals surface area (Å²) in [6.07, 6.45) is 0.662. The van der Waals surface area contributed by atoms with E-state index in [9.17, 15) is 27.5 Å². The SMILES string of the molecule is CCCOC(=O)CC(=O)CC(O)CCc1c(-c2ccc(F)cc2)nc(NCS(C)(=O)=O)nc1C(C)C. The van der Waals surface area contributed by atoms with E-state index in [1.807, 2.05) is 20.8 Å². The van der Waals surface area contributed by atoms with Crippen LogP contribution in [-0.4, -0.2) is 60.1 Å². The molecule has 1 aromatic carbocycles. The van der Waals surface area contributed by atoms with Gasteiger partial charge in [0, 0.05) is 23.8 Å². The van der Waals surface area contributed by atoms with Gasteiger partial charge in [0.2, 0.25) is 5.95 Å². The molecule has 0 amide bonds. The summed E-state index contributed by atoms with van der Waals surface area (Å²) in [6.45, 7) is 5.93. The van der Waals surface area contributed by atoms with E-state index in [-0.39, 0.29) is 43.6 Å². The Hall–Kier alpha value is -2.92. The smallest absolute Gasteiger partial charge is 0.313 e. The molecule has 9 nitrogen and oxygen atoms in total. The lowest BCUT2D eigenvalue weighted by atomic mass is 9.93. The van der Waals surface area contributed by atoms with Crippen LogP contribution in [0.3, 0.4) is 0 Å². The summed E-state index contributed by atoms with van der Waals surface area (Å²) in [5.41, 5.74) is 2.42. The monoisotopic (exact) mass is 523 g/mol. The molecular weight excluding hydrogens is 489 g/mol. The second-order valence-electron chi connectivity index (χ2n) is 9.00. The second kappa shape index (κ2) is 13.4. The van der Waals surface area contributed by atoms with Gasteiger partial charge in [-0.25, -0.2) is 22.8 Å². The summed E-state index contributed by atoms with van der Waals surface area (Å²) in [6, 6.07) is 5.72. The number of benzene rings is 1. The molecule has 0 aliphatic heterocycles. The van der Waals surface area contributed by atoms with Crippen LogP contribution < -0.4 is 5.32 Å². The number of hydrogen-bond acceptors (Lipinski definition) is 9. The molecule has 0 bridgehead atoms. The number of carbonyl (C=O) groups is 2. The Morgan fingerprint density at radius 3 is 2.42 bits per heavy atom. The fourth-order valence-corrected chi connectivity index (χ4v) is 3.91. The maximum absolute atomic E-state index is 13.6. The van der Waals surface area contributed by atoms with E-state index < -0.39 is 33.5 Å². The van der Waals surface area contributed by atoms with Crippen molar-refractivity contribution in [1.82, 2.24) is 9.97 Å². The van der Waals surface area contributed by atoms with Crippen LogP contribution in [0.25, 0.3) is 11.3 Å². The second-order valence-corrected chi connectivity index (χ2v) is 11.1. The van der Waals surface area contributed by atoms with Crippen LogP contribution in [0.4, 0.5) is 10.3 Å². The first-order valence-electron chi connectivity index (χ1n) is 11.8. The number of aliphatic hydroxyl groups excluding tert-OH is 1. The third kappa shape index (κ3) is 9.62. The molecule has 198 valence electrons. The zero-order valence-electron chi connectivity index (χ0n) is 21.1. The summed E-state index contributed by atoms with van der Waals surface area (Å²) in [5, 5.41) is 13.2. The number of halogens is 1. The molecule has 36 heavy (non-hydrogen) atoms. The lowest BCUT2D eigenvalue weighted by molar-refractivity contribution is -0.146. The van der Waals surface area contributed by atoms with Crippen LogP contribution in [0.2, 0.25) is 0 Å². The molecule has 0 aliphatic rings. The quantitative estimate of drug-likeness (QED) is 0.282. The van der Waals surface area contributed by atoms with Crippen LogP contribution in [0, 0.1) is 5.82 Å². The van der Waals surface area contributed by atoms with E-state index in [1.165, 1.54) is 12.1 Å². The number of carbonyl (C=O) groups excluding carboxylic acids is 2. The molecule has 0 saturated carbocycles. The first-order chi connectivity index (χ1) is 16.9. The Morgan fingerprint density at radius 2 is 1.83 bits per heavy atom. The number of aromatic nitrogens is 2. The molecule has 0 spiro atoms. The fraction of sp³-hybridized carbons (Fsp3) is 0.520. The van der Waals surface area contributed by atoms with Crippen molar-refractivity contribution in [2.75, 3.05) is 24.1 Å². The predicted octanol–water partition coefficient (Wildman–Crippen LogP) is 3.42. The van der Waals surface area contributed by atoms with E-state index >= 15 is 0 Å². The Kier molecular flexibility index (Phi) is 10.9. The molecule has 0 saturated heterocycles. The van der Waals surface area contributed by atoms with Gasteiger partial charge in [0.05, 0.1) is 24.1 Å². The number of ketones is 1. The van der Waals surface area contributed by atoms with Gasteiger partial charge in [0.15, 0.2) is 9.84 Å². The van der Waals surface area contributed by atoms with Crippen molar-refractivity contribution in [3.05, 3.63) is 41.3 Å². The average molecular weight is 524 g/mol. The molecule has 2 aromatic rings. The van der Waals surface area contributed by atoms with Gasteiger partial charge in [-0.3, -0.25) is 9.59 Å². The van der Waals surface area contributed by atoms with Crippen molar-refractivity contribution in [3.63, 3.8) is 0 Å². The van der Waals surface area contributed by atoms with Crippen LogP contribution in [0.5, 0.6) is 0 Å². The molecule has 0 fully saturated rings. The van der Waals surface area contributed by atoms with Crippen LogP contribution in [-0.2, 0) is 30.6 Å². The number of esters is 1. The summed E-state index contributed by atoms with van der Waals surface area (Å²) in [7, 11) is -3.33. The highest BCUT2D eigenvalue weighted by molar-refractivity contribution is 7.90. The number of nitrogens with zero attached hydrogens (tertiary/aromatic N) is 2. The highest BCUT2D eigenvalue weighted by atomic mass is 32.2. The van der Waals surface area contributed by atoms with Gasteiger partial charge in [-0.15, -0.1) is 0 Å². The Morgan fingerprint density at radius 1 is 1.17 bits per heavy atom. The number of rotatable bonds is 14. The van der Waals surface area contributed by atoms with Crippen LogP contribution in [0.15, 0.2) is 24.3 Å². The van der Waals surface area contributed by atoms with Crippen molar-refractivity contribution in [3.8, 4) is 11.3 Å². The van der Waals surface area contributed by atoms with Crippen molar-refractivity contribution in [1.29, 1.82) is 0 Å². The number of nitrogens with one attached hydrogen (secondary N) is 1. The summed E-state index contributed by atoms with van der Waals surface area (Å²) in [5.74, 6) is -1.75. The fourth-order valence-electron chi connectivity index (χ4n) is 3.52. The lowest BCUT2D eigenvalue weighted by Gasteiger charge is -2.19. The maximum atomic E-state index is 13.6. The minimum absolute atomic E-state index is 0.0758. The number of Topliss-reactive ketones (excluding diaryl/α,β-unsaturated/α-hetero) is 1. The first-order valence-corrected chi connectivity index (χ1v) is 13.9. The molecule has 1 atom stereocenters. The third-order valence-corrected chi connectivity index (χ3v) is 5.86. The Balaban J connectivity index is 2.29. The summed E-state index contributed by atoms with van der Waals surface area (Å²) in [4.78, 5) is 32.8. The zero-order chi connectivity index (χ0) is 26.9. The van der Waals surface area contributed by atoms with Crippen molar-refractivity contribution in [2.45, 2.75) is 64.9 Å². The summed E-state index contributed by atoms with van der Waals surface area (Å²) < 4.78 is 41.7. The van der Waals surface area contributed by atoms with E-state index in [0.29, 0.717) is 35.4 Å². The number of sulfone groups is 1. The van der Waals surface area contributed by atoms with Crippen LogP contribution >= 0.6 is 0 Å². The molecule has 1 heterocycles. The highest BCUT2D eigenvalue weighted by Gasteiger charge is 2.21. The third-order valence-electron chi connectivity index (χ3n) is 5.20. The normalized spacial score (nSPS) is 12.4. The first kappa shape index (κ1) is 29.3. The molecule has 1 unspecified atom stereocenters. The van der Waals surface area contributed by atoms with Gasteiger partial charge < -0.3 is 15.2 Å². The van der Waals surface area contributed by atoms with Gasteiger partial charge in [-0.05, 0) is 49.4 Å². The topological polar surface area (TPSA) is 136 Å². The van der Waals surface area contributed by atoms with Gasteiger partial charge in [-0.2, -0.15) is 0 Å². The molecule has 1 aromatic heterocycles. The highest BCUT2D eigenvalue weighted by Crippen LogP contribution is 2.31. The van der Waals surface area contributed by atoms with Crippen molar-refractivity contribution < 1.29 is 32.2 Å². The lowest BCUT2D eigenvalue weighted by Crippen LogP contribution is -2.20. The van der Waals surface area contributed by atoms with E-state index in [4.69, 9.17) is 4.74 Å². The largest absolute Gasteiger partial charge is 0.465 e. The standard InChI is InChI=1S/C25H34FN3O6S/c1-5-12-35-22(32)14-20(31)13-19(30)10-11-21-23(16(2)3)28-25(27-15-36(4,33)34)29-24(21)17-6-8-18(26)9-7-17/h6-9,16,19,30H,5,10-15H2,1-4H3,(H,27,28,29). The number of aliphatic hydroxyl groups is 1. The van der Waals surface area contributed by atoms with E-state index in [1.54, 1.807) is 12.1 Å². The molecule has 2 N–H and O–H groups in total. The zero-order valence-corrected chi connectivity index (χ0v) is 21.9. The number of hydrogen-bond donors (Lipinski definition) is 2. The molecular formula is C25H34FN3O6S. The average Bonchev–Trinajstić information content (AvgIpc) is 2.79. The molecule has 11 heteroatoms. The van der Waals surface area contributed by atoms with Gasteiger partial charge >= 0.3 is 5.97 Å². The van der Waals surface area contributed by atoms with Crippen molar-refractivity contribution >= 4 is 27.5 Å². The minimum atomic E-state index is -3.33. The minimum Gasteiger partial charge on any atom is -0.465 e. The molecule has 2 rings (SSSR count). The van der Waals surface area contributed by atoms with Gasteiger partial charge in [0.1, 0.15) is 23.9 Å². The van der Waals surface area contributed by atoms with Gasteiger partial charge in [-0.1, -0.05) is 20.8 Å². The van der Waals surface area contributed by atoms with Crippen molar-refractivity contribution in [2.24, 2.45) is 0 Å². The number of anilines is 1. The number of ether oxygens (including phenoxy) is 1.